The molecule has 0 radical (unpaired) electrons. The van der Waals surface area contributed by atoms with E-state index in [0.29, 0.717) is 16.9 Å². The number of rotatable bonds is 3. The molecule has 2 heterocycles. The molecule has 1 aliphatic rings. The van der Waals surface area contributed by atoms with E-state index in [9.17, 15) is 0 Å². The first kappa shape index (κ1) is 15.9. The van der Waals surface area contributed by atoms with E-state index in [1.165, 1.54) is 0 Å². The van der Waals surface area contributed by atoms with Gasteiger partial charge in [0.15, 0.2) is 5.82 Å². The first-order chi connectivity index (χ1) is 10.5. The van der Waals surface area contributed by atoms with E-state index in [1.807, 2.05) is 29.8 Å². The van der Waals surface area contributed by atoms with Gasteiger partial charge in [0.1, 0.15) is 5.82 Å². The highest BCUT2D eigenvalue weighted by Crippen LogP contribution is 2.28. The maximum atomic E-state index is 6.29. The summed E-state index contributed by atoms with van der Waals surface area (Å²) < 4.78 is 8.34. The first-order valence-electron chi connectivity index (χ1n) is 7.23. The van der Waals surface area contributed by atoms with Gasteiger partial charge in [-0.1, -0.05) is 27.5 Å². The van der Waals surface area contributed by atoms with Crippen molar-refractivity contribution in [2.45, 2.75) is 26.6 Å². The molecule has 0 spiro atoms. The van der Waals surface area contributed by atoms with Gasteiger partial charge in [-0.2, -0.15) is 0 Å². The molecular weight excluding hydrogens is 368 g/mol. The summed E-state index contributed by atoms with van der Waals surface area (Å²) in [6.45, 7) is 7.29. The Balaban J connectivity index is 1.84. The van der Waals surface area contributed by atoms with Crippen molar-refractivity contribution in [2.24, 2.45) is 0 Å². The van der Waals surface area contributed by atoms with Crippen molar-refractivity contribution in [1.29, 1.82) is 0 Å². The summed E-state index contributed by atoms with van der Waals surface area (Å²) in [5.41, 5.74) is 0.849. The minimum absolute atomic E-state index is 0.386. The van der Waals surface area contributed by atoms with Gasteiger partial charge >= 0.3 is 0 Å². The summed E-state index contributed by atoms with van der Waals surface area (Å²) in [6.07, 6.45) is 0. The number of nitrogens with zero attached hydrogens (tertiary/aromatic N) is 4. The third-order valence-corrected chi connectivity index (χ3v) is 4.66. The maximum absolute atomic E-state index is 6.29. The molecule has 1 aromatic heterocycles. The fourth-order valence-electron chi connectivity index (χ4n) is 2.48. The van der Waals surface area contributed by atoms with E-state index in [0.717, 1.165) is 42.3 Å². The summed E-state index contributed by atoms with van der Waals surface area (Å²) in [5, 5.41) is 5.27. The molecule has 0 aliphatic carbocycles. The second-order valence-corrected chi connectivity index (χ2v) is 6.81. The Kier molecular flexibility index (Phi) is 4.82. The SMILES string of the molecule is Cc1nc(-c2ccc(Br)cc2Cl)nn1CN1CCOC[C@@H]1C. The van der Waals surface area contributed by atoms with Crippen LogP contribution >= 0.6 is 27.5 Å². The number of aryl methyl sites for hydroxylation is 1. The van der Waals surface area contributed by atoms with Crippen molar-refractivity contribution in [3.8, 4) is 11.4 Å². The van der Waals surface area contributed by atoms with Crippen molar-refractivity contribution in [2.75, 3.05) is 19.8 Å². The topological polar surface area (TPSA) is 43.2 Å². The number of halogens is 2. The molecule has 1 fully saturated rings. The summed E-state index contributed by atoms with van der Waals surface area (Å²) in [5.74, 6) is 1.54. The molecule has 118 valence electrons. The Morgan fingerprint density at radius 3 is 3.00 bits per heavy atom. The minimum Gasteiger partial charge on any atom is -0.379 e. The second kappa shape index (κ2) is 6.66. The summed E-state index contributed by atoms with van der Waals surface area (Å²) >= 11 is 9.71. The van der Waals surface area contributed by atoms with E-state index in [1.54, 1.807) is 0 Å². The predicted octanol–water partition coefficient (Wildman–Crippen LogP) is 3.35. The third kappa shape index (κ3) is 3.35. The van der Waals surface area contributed by atoms with E-state index in [4.69, 9.17) is 16.3 Å². The Bertz CT molecular complexity index is 676. The van der Waals surface area contributed by atoms with E-state index < -0.39 is 0 Å². The van der Waals surface area contributed by atoms with Crippen LogP contribution in [0.4, 0.5) is 0 Å². The lowest BCUT2D eigenvalue weighted by Crippen LogP contribution is -2.44. The van der Waals surface area contributed by atoms with Crippen molar-refractivity contribution in [1.82, 2.24) is 19.7 Å². The Labute approximate surface area is 143 Å². The molecule has 1 aromatic carbocycles. The predicted molar refractivity (Wildman–Crippen MR) is 89.9 cm³/mol. The Morgan fingerprint density at radius 1 is 1.45 bits per heavy atom. The zero-order chi connectivity index (χ0) is 15.7. The van der Waals surface area contributed by atoms with Gasteiger partial charge in [-0.05, 0) is 32.0 Å². The van der Waals surface area contributed by atoms with Crippen molar-refractivity contribution < 1.29 is 4.74 Å². The molecule has 5 nitrogen and oxygen atoms in total. The molecule has 0 unspecified atom stereocenters. The van der Waals surface area contributed by atoms with Gasteiger partial charge in [0, 0.05) is 22.6 Å². The normalized spacial score (nSPS) is 19.5. The standard InChI is InChI=1S/C15H18BrClN4O/c1-10-8-22-6-5-20(10)9-21-11(2)18-15(19-21)13-4-3-12(16)7-14(13)17/h3-4,7,10H,5-6,8-9H2,1-2H3/t10-/m0/s1. The molecular formula is C15H18BrClN4O. The van der Waals surface area contributed by atoms with E-state index in [-0.39, 0.29) is 0 Å². The van der Waals surface area contributed by atoms with Gasteiger partial charge in [-0.3, -0.25) is 4.90 Å². The number of ether oxygens (including phenoxy) is 1. The zero-order valence-corrected chi connectivity index (χ0v) is 14.9. The smallest absolute Gasteiger partial charge is 0.182 e. The van der Waals surface area contributed by atoms with Gasteiger partial charge in [0.25, 0.3) is 0 Å². The second-order valence-electron chi connectivity index (χ2n) is 5.48. The fraction of sp³-hybridized carbons (Fsp3) is 0.467. The number of hydrogen-bond acceptors (Lipinski definition) is 4. The van der Waals surface area contributed by atoms with Crippen LogP contribution in [0.2, 0.25) is 5.02 Å². The monoisotopic (exact) mass is 384 g/mol. The molecule has 1 aliphatic heterocycles. The third-order valence-electron chi connectivity index (χ3n) is 3.85. The van der Waals surface area contributed by atoms with Crippen LogP contribution in [0.1, 0.15) is 12.7 Å². The lowest BCUT2D eigenvalue weighted by atomic mass is 10.2. The number of benzene rings is 1. The average molecular weight is 386 g/mol. The molecule has 2 aromatic rings. The average Bonchev–Trinajstić information content (AvgIpc) is 2.82. The lowest BCUT2D eigenvalue weighted by molar-refractivity contribution is -0.0176. The molecule has 0 saturated carbocycles. The van der Waals surface area contributed by atoms with E-state index >= 15 is 0 Å². The van der Waals surface area contributed by atoms with Crippen LogP contribution in [-0.2, 0) is 11.4 Å². The van der Waals surface area contributed by atoms with Crippen LogP contribution in [0.3, 0.4) is 0 Å². The highest BCUT2D eigenvalue weighted by atomic mass is 79.9. The fourth-order valence-corrected chi connectivity index (χ4v) is 3.24. The molecule has 1 atom stereocenters. The largest absolute Gasteiger partial charge is 0.379 e. The van der Waals surface area contributed by atoms with Crippen molar-refractivity contribution in [3.05, 3.63) is 33.5 Å². The molecule has 0 N–H and O–H groups in total. The van der Waals surface area contributed by atoms with Gasteiger partial charge in [0.2, 0.25) is 0 Å². The van der Waals surface area contributed by atoms with Crippen LogP contribution in [0.5, 0.6) is 0 Å². The van der Waals surface area contributed by atoms with Gasteiger partial charge in [0.05, 0.1) is 24.9 Å². The Hall–Kier alpha value is -0.950. The lowest BCUT2D eigenvalue weighted by Gasteiger charge is -2.32. The number of hydrogen-bond donors (Lipinski definition) is 0. The molecule has 3 rings (SSSR count). The molecule has 1 saturated heterocycles. The van der Waals surface area contributed by atoms with Gasteiger partial charge in [-0.15, -0.1) is 5.10 Å². The summed E-state index contributed by atoms with van der Waals surface area (Å²) in [7, 11) is 0. The molecule has 22 heavy (non-hydrogen) atoms. The van der Waals surface area contributed by atoms with Crippen molar-refractivity contribution >= 4 is 27.5 Å². The van der Waals surface area contributed by atoms with Crippen LogP contribution < -0.4 is 0 Å². The van der Waals surface area contributed by atoms with Gasteiger partial charge in [-0.25, -0.2) is 9.67 Å². The highest BCUT2D eigenvalue weighted by Gasteiger charge is 2.20. The summed E-state index contributed by atoms with van der Waals surface area (Å²) in [6, 6.07) is 6.12. The first-order valence-corrected chi connectivity index (χ1v) is 8.40. The van der Waals surface area contributed by atoms with Crippen LogP contribution in [0.25, 0.3) is 11.4 Å². The molecule has 0 amide bonds. The maximum Gasteiger partial charge on any atom is 0.182 e. The van der Waals surface area contributed by atoms with Gasteiger partial charge < -0.3 is 4.74 Å². The molecule has 0 bridgehead atoms. The quantitative estimate of drug-likeness (QED) is 0.813. The summed E-state index contributed by atoms with van der Waals surface area (Å²) in [4.78, 5) is 6.90. The van der Waals surface area contributed by atoms with Crippen molar-refractivity contribution in [3.63, 3.8) is 0 Å². The highest BCUT2D eigenvalue weighted by molar-refractivity contribution is 9.10. The van der Waals surface area contributed by atoms with Crippen LogP contribution in [0, 0.1) is 6.92 Å². The Morgan fingerprint density at radius 2 is 2.27 bits per heavy atom. The molecule has 7 heteroatoms. The minimum atomic E-state index is 0.386. The number of morpholine rings is 1. The number of aromatic nitrogens is 3. The van der Waals surface area contributed by atoms with E-state index in [2.05, 4.69) is 37.8 Å². The van der Waals surface area contributed by atoms with Crippen LogP contribution in [-0.4, -0.2) is 45.5 Å². The zero-order valence-electron chi connectivity index (χ0n) is 12.6. The van der Waals surface area contributed by atoms with Crippen LogP contribution in [0.15, 0.2) is 22.7 Å².